The lowest BCUT2D eigenvalue weighted by Gasteiger charge is -2.49. The van der Waals surface area contributed by atoms with Crippen molar-refractivity contribution in [3.05, 3.63) is 34.5 Å². The molecule has 2 saturated heterocycles. The van der Waals surface area contributed by atoms with Crippen molar-refractivity contribution in [3.8, 4) is 0 Å². The van der Waals surface area contributed by atoms with Crippen molar-refractivity contribution in [2.75, 3.05) is 18.1 Å². The summed E-state index contributed by atoms with van der Waals surface area (Å²) in [7, 11) is 0. The van der Waals surface area contributed by atoms with E-state index >= 15 is 0 Å². The van der Waals surface area contributed by atoms with Crippen LogP contribution in [-0.2, 0) is 38.2 Å². The Kier molecular flexibility index (Phi) is 8.01. The number of anilines is 1. The number of allylic oxidation sites excluding steroid dienone is 2. The van der Waals surface area contributed by atoms with E-state index in [-0.39, 0.29) is 28.8 Å². The Morgan fingerprint density at radius 3 is 2.71 bits per heavy atom. The molecule has 3 aliphatic heterocycles. The first-order chi connectivity index (χ1) is 18.1. The number of β-lactam (4-membered cyclic amide) rings is 1. The van der Waals surface area contributed by atoms with Crippen LogP contribution in [0.25, 0.3) is 0 Å². The highest BCUT2D eigenvalue weighted by Crippen LogP contribution is 2.41. The zero-order chi connectivity index (χ0) is 27.6. The Bertz CT molecular complexity index is 1270. The number of cyclic esters (lactones) is 2. The number of ether oxygens (including phenoxy) is 3. The molecule has 0 spiro atoms. The lowest BCUT2D eigenvalue weighted by atomic mass is 10.0. The van der Waals surface area contributed by atoms with Gasteiger partial charge >= 0.3 is 18.1 Å². The molecule has 3 aliphatic rings. The first-order valence-corrected chi connectivity index (χ1v) is 13.2. The van der Waals surface area contributed by atoms with Gasteiger partial charge in [-0.2, -0.15) is 0 Å². The van der Waals surface area contributed by atoms with E-state index in [9.17, 15) is 24.0 Å². The number of nitrogen functional groups attached to an aromatic ring is 1. The van der Waals surface area contributed by atoms with E-state index in [2.05, 4.69) is 20.3 Å². The summed E-state index contributed by atoms with van der Waals surface area (Å²) in [5.41, 5.74) is 5.95. The van der Waals surface area contributed by atoms with Crippen LogP contribution in [0, 0.1) is 0 Å². The number of thiazole rings is 1. The molecule has 14 nitrogen and oxygen atoms in total. The van der Waals surface area contributed by atoms with Crippen molar-refractivity contribution in [1.29, 1.82) is 0 Å². The van der Waals surface area contributed by atoms with Gasteiger partial charge in [0.05, 0.1) is 0 Å². The molecular weight excluding hydrogens is 542 g/mol. The molecular formula is C22H23N5O9S2. The normalized spacial score (nSPS) is 24.9. The number of hydrogen-bond donors (Lipinski definition) is 2. The van der Waals surface area contributed by atoms with Gasteiger partial charge in [0.25, 0.3) is 11.8 Å². The van der Waals surface area contributed by atoms with Crippen LogP contribution in [0.5, 0.6) is 0 Å². The maximum Gasteiger partial charge on any atom is 0.509 e. The summed E-state index contributed by atoms with van der Waals surface area (Å²) < 4.78 is 15.2. The highest BCUT2D eigenvalue weighted by molar-refractivity contribution is 8.00. The summed E-state index contributed by atoms with van der Waals surface area (Å²) in [4.78, 5) is 71.6. The highest BCUT2D eigenvalue weighted by Gasteiger charge is 2.54. The summed E-state index contributed by atoms with van der Waals surface area (Å²) in [6.07, 6.45) is 1.18. The predicted molar refractivity (Wildman–Crippen MR) is 133 cm³/mol. The molecule has 202 valence electrons. The quantitative estimate of drug-likeness (QED) is 0.148. The van der Waals surface area contributed by atoms with Crippen LogP contribution >= 0.6 is 23.1 Å². The highest BCUT2D eigenvalue weighted by atomic mass is 32.2. The van der Waals surface area contributed by atoms with Crippen molar-refractivity contribution in [3.63, 3.8) is 0 Å². The minimum Gasteiger partial charge on any atom is -0.457 e. The average molecular weight is 566 g/mol. The number of rotatable bonds is 8. The molecule has 2 fully saturated rings. The van der Waals surface area contributed by atoms with E-state index in [1.165, 1.54) is 22.0 Å². The molecule has 1 aromatic rings. The van der Waals surface area contributed by atoms with Gasteiger partial charge in [-0.15, -0.1) is 23.1 Å². The zero-order valence-corrected chi connectivity index (χ0v) is 22.0. The van der Waals surface area contributed by atoms with Gasteiger partial charge in [-0.25, -0.2) is 19.4 Å². The molecule has 3 N–H and O–H groups in total. The van der Waals surface area contributed by atoms with Gasteiger partial charge in [0.1, 0.15) is 35.5 Å². The summed E-state index contributed by atoms with van der Waals surface area (Å²) in [5, 5.41) is 7.14. The number of nitrogens with zero attached hydrogens (tertiary/aromatic N) is 3. The molecule has 4 heterocycles. The number of esters is 1. The second-order valence-corrected chi connectivity index (χ2v) is 10.2. The van der Waals surface area contributed by atoms with Gasteiger partial charge in [-0.3, -0.25) is 14.5 Å². The minimum absolute atomic E-state index is 0.0290. The number of oxime groups is 1. The smallest absolute Gasteiger partial charge is 0.457 e. The van der Waals surface area contributed by atoms with E-state index in [0.717, 1.165) is 18.3 Å². The number of amides is 2. The number of carbonyl (C=O) groups excluding carboxylic acids is 5. The van der Waals surface area contributed by atoms with Gasteiger partial charge in [-0.1, -0.05) is 17.3 Å². The number of carbonyl (C=O) groups is 5. The van der Waals surface area contributed by atoms with Crippen molar-refractivity contribution in [1.82, 2.24) is 15.2 Å². The third kappa shape index (κ3) is 5.50. The minimum atomic E-state index is -1.01. The Morgan fingerprint density at radius 1 is 1.34 bits per heavy atom. The van der Waals surface area contributed by atoms with Gasteiger partial charge in [0.15, 0.2) is 16.9 Å². The van der Waals surface area contributed by atoms with E-state index in [0.29, 0.717) is 11.3 Å². The number of fused-ring (bicyclic) bond motifs is 1. The number of nitrogens with one attached hydrogen (secondary N) is 1. The fourth-order valence-electron chi connectivity index (χ4n) is 3.75. The fraction of sp³-hybridized carbons (Fsp3) is 0.409. The summed E-state index contributed by atoms with van der Waals surface area (Å²) in [6.45, 7) is 4.22. The zero-order valence-electron chi connectivity index (χ0n) is 20.4. The van der Waals surface area contributed by atoms with Crippen LogP contribution < -0.4 is 11.1 Å². The number of nitrogens with two attached hydrogens (primary N) is 1. The number of thioether (sulfide) groups is 1. The summed E-state index contributed by atoms with van der Waals surface area (Å²) in [5.74, 6) is -2.57. The Morgan fingerprint density at radius 2 is 2.11 bits per heavy atom. The number of hydrogen-bond acceptors (Lipinski definition) is 14. The Labute approximate surface area is 224 Å². The SMILES string of the molecule is CC=CC1=C(C(=O)OCC2OC(=O)OC2C)N2C(=O)[C@@H](NC(=O)C(=NOC(C)=O)c3csc(N)n3)[C@@H]2SC1. The second-order valence-electron chi connectivity index (χ2n) is 8.16. The van der Waals surface area contributed by atoms with Crippen LogP contribution in [-0.4, -0.2) is 81.5 Å². The molecule has 4 rings (SSSR count). The van der Waals surface area contributed by atoms with Crippen LogP contribution in [0.2, 0.25) is 0 Å². The first kappa shape index (κ1) is 27.1. The van der Waals surface area contributed by atoms with E-state index in [1.807, 2.05) is 0 Å². The Hall–Kier alpha value is -3.92. The maximum atomic E-state index is 13.2. The molecule has 4 atom stereocenters. The summed E-state index contributed by atoms with van der Waals surface area (Å²) in [6, 6.07) is -1.01. The van der Waals surface area contributed by atoms with E-state index in [4.69, 9.17) is 19.9 Å². The van der Waals surface area contributed by atoms with Crippen LogP contribution in [0.3, 0.4) is 0 Å². The predicted octanol–water partition coefficient (Wildman–Crippen LogP) is 0.690. The monoisotopic (exact) mass is 565 g/mol. The molecule has 38 heavy (non-hydrogen) atoms. The summed E-state index contributed by atoms with van der Waals surface area (Å²) >= 11 is 2.39. The van der Waals surface area contributed by atoms with Crippen molar-refractivity contribution in [2.24, 2.45) is 5.16 Å². The van der Waals surface area contributed by atoms with Gasteiger partial charge in [-0.05, 0) is 19.4 Å². The largest absolute Gasteiger partial charge is 0.509 e. The lowest BCUT2D eigenvalue weighted by Crippen LogP contribution is -2.71. The van der Waals surface area contributed by atoms with E-state index in [1.54, 1.807) is 26.0 Å². The molecule has 2 amide bonds. The van der Waals surface area contributed by atoms with Gasteiger partial charge in [0, 0.05) is 18.1 Å². The third-order valence-electron chi connectivity index (χ3n) is 5.52. The molecule has 16 heteroatoms. The fourth-order valence-corrected chi connectivity index (χ4v) is 5.62. The van der Waals surface area contributed by atoms with Crippen LogP contribution in [0.1, 0.15) is 26.5 Å². The van der Waals surface area contributed by atoms with E-state index < -0.39 is 53.5 Å². The molecule has 0 bridgehead atoms. The maximum absolute atomic E-state index is 13.2. The standard InChI is InChI=1S/C22H23N5O9S2/c1-4-5-11-7-37-19-15(25-17(29)14(26-36-10(3)28)12-8-38-21(23)24-12)18(30)27(19)16(11)20(31)33-6-13-9(2)34-22(32)35-13/h4-5,8-9,13,15,19H,6-7H2,1-3H3,(H2,23,24)(H,25,29)/t9?,13?,15-,19+/m1/s1. The number of aromatic nitrogens is 1. The van der Waals surface area contributed by atoms with Crippen molar-refractivity contribution in [2.45, 2.75) is 44.4 Å². The van der Waals surface area contributed by atoms with Crippen molar-refractivity contribution < 1.29 is 43.0 Å². The van der Waals surface area contributed by atoms with Crippen LogP contribution in [0.4, 0.5) is 9.93 Å². The molecule has 0 aliphatic carbocycles. The topological polar surface area (TPSA) is 189 Å². The Balaban J connectivity index is 1.50. The third-order valence-corrected chi connectivity index (χ3v) is 7.50. The molecule has 0 saturated carbocycles. The molecule has 1 aromatic heterocycles. The molecule has 0 radical (unpaired) electrons. The molecule has 2 unspecified atom stereocenters. The molecule has 0 aromatic carbocycles. The van der Waals surface area contributed by atoms with Crippen LogP contribution in [0.15, 0.2) is 34.0 Å². The van der Waals surface area contributed by atoms with Gasteiger partial charge < -0.3 is 30.1 Å². The van der Waals surface area contributed by atoms with Gasteiger partial charge in [0.2, 0.25) is 0 Å². The average Bonchev–Trinajstić information content (AvgIpc) is 3.44. The second kappa shape index (κ2) is 11.2. The first-order valence-electron chi connectivity index (χ1n) is 11.2. The lowest BCUT2D eigenvalue weighted by molar-refractivity contribution is -0.153. The van der Waals surface area contributed by atoms with Crippen molar-refractivity contribution >= 4 is 63.9 Å².